The number of nitrogens with one attached hydrogen (secondary N) is 4. The van der Waals surface area contributed by atoms with Crippen molar-refractivity contribution in [2.45, 2.75) is 38.3 Å². The number of aromatic nitrogens is 1. The van der Waals surface area contributed by atoms with Gasteiger partial charge in [-0.3, -0.25) is 19.2 Å². The molecule has 10 heteroatoms. The molecule has 1 saturated heterocycles. The fraction of sp³-hybridized carbons (Fsp3) is 0.294. The highest BCUT2D eigenvalue weighted by Gasteiger charge is 2.37. The predicted molar refractivity (Wildman–Crippen MR) is 172 cm³/mol. The van der Waals surface area contributed by atoms with Gasteiger partial charge in [0.2, 0.25) is 24.1 Å². The van der Waals surface area contributed by atoms with Crippen LogP contribution >= 0.6 is 0 Å². The largest absolute Gasteiger partial charge is 0.355 e. The number of carbonyl (C=O) groups is 4. The number of benzene rings is 3. The fourth-order valence-corrected chi connectivity index (χ4v) is 5.71. The molecule has 1 aromatic heterocycles. The first-order valence-corrected chi connectivity index (χ1v) is 15.0. The molecule has 44 heavy (non-hydrogen) atoms. The van der Waals surface area contributed by atoms with E-state index in [1.807, 2.05) is 85.8 Å². The summed E-state index contributed by atoms with van der Waals surface area (Å²) < 4.78 is 0. The summed E-state index contributed by atoms with van der Waals surface area (Å²) in [5.41, 5.74) is 4.91. The minimum Gasteiger partial charge on any atom is -0.355 e. The molecule has 1 fully saturated rings. The molecule has 0 bridgehead atoms. The van der Waals surface area contributed by atoms with Gasteiger partial charge in [0.05, 0.1) is 6.54 Å². The molecular weight excluding hydrogens is 556 g/mol. The van der Waals surface area contributed by atoms with Gasteiger partial charge in [-0.25, -0.2) is 0 Å². The van der Waals surface area contributed by atoms with Crippen molar-refractivity contribution >= 4 is 46.4 Å². The van der Waals surface area contributed by atoms with E-state index >= 15 is 0 Å². The summed E-state index contributed by atoms with van der Waals surface area (Å²) in [6, 6.07) is 23.6. The molecule has 4 aromatic rings. The Morgan fingerprint density at radius 3 is 2.45 bits per heavy atom. The van der Waals surface area contributed by atoms with E-state index in [-0.39, 0.29) is 24.3 Å². The van der Waals surface area contributed by atoms with Crippen molar-refractivity contribution in [2.75, 3.05) is 37.3 Å². The molecule has 0 spiro atoms. The lowest BCUT2D eigenvalue weighted by Crippen LogP contribution is -2.47. The van der Waals surface area contributed by atoms with Gasteiger partial charge in [0.1, 0.15) is 12.1 Å². The number of rotatable bonds is 12. The van der Waals surface area contributed by atoms with Crippen molar-refractivity contribution in [1.82, 2.24) is 20.1 Å². The molecule has 2 heterocycles. The topological polar surface area (TPSA) is 127 Å². The number of hydrogen-bond acceptors (Lipinski definition) is 5. The van der Waals surface area contributed by atoms with Gasteiger partial charge < -0.3 is 30.7 Å². The Kier molecular flexibility index (Phi) is 9.71. The van der Waals surface area contributed by atoms with E-state index in [2.05, 4.69) is 20.9 Å². The van der Waals surface area contributed by atoms with Crippen LogP contribution in [0.2, 0.25) is 0 Å². The Hall–Kier alpha value is -4.96. The third kappa shape index (κ3) is 6.98. The summed E-state index contributed by atoms with van der Waals surface area (Å²) >= 11 is 0. The van der Waals surface area contributed by atoms with Crippen LogP contribution in [0.4, 0.5) is 11.4 Å². The third-order valence-electron chi connectivity index (χ3n) is 7.88. The van der Waals surface area contributed by atoms with Crippen LogP contribution in [0.3, 0.4) is 0 Å². The summed E-state index contributed by atoms with van der Waals surface area (Å²) in [6.07, 6.45) is 2.86. The Balaban J connectivity index is 1.23. The van der Waals surface area contributed by atoms with Crippen molar-refractivity contribution in [3.05, 3.63) is 84.4 Å². The molecule has 4 N–H and O–H groups in total. The smallest absolute Gasteiger partial charge is 0.247 e. The van der Waals surface area contributed by atoms with Gasteiger partial charge in [-0.05, 0) is 73.8 Å². The average molecular weight is 595 g/mol. The second-order valence-corrected chi connectivity index (χ2v) is 11.0. The molecule has 2 atom stereocenters. The third-order valence-corrected chi connectivity index (χ3v) is 7.88. The van der Waals surface area contributed by atoms with Crippen molar-refractivity contribution in [3.8, 4) is 11.3 Å². The van der Waals surface area contributed by atoms with Gasteiger partial charge >= 0.3 is 0 Å². The normalized spacial score (nSPS) is 15.1. The highest BCUT2D eigenvalue weighted by Crippen LogP contribution is 2.29. The maximum Gasteiger partial charge on any atom is 0.247 e. The van der Waals surface area contributed by atoms with E-state index in [0.29, 0.717) is 37.3 Å². The number of H-pyrrole nitrogens is 1. The first-order valence-electron chi connectivity index (χ1n) is 15.0. The summed E-state index contributed by atoms with van der Waals surface area (Å²) in [4.78, 5) is 56.8. The molecule has 0 radical (unpaired) electrons. The van der Waals surface area contributed by atoms with Crippen molar-refractivity contribution < 1.29 is 19.2 Å². The Bertz CT molecular complexity index is 1620. The monoisotopic (exact) mass is 594 g/mol. The first-order chi connectivity index (χ1) is 21.4. The molecule has 0 aliphatic carbocycles. The van der Waals surface area contributed by atoms with Crippen molar-refractivity contribution in [2.24, 2.45) is 0 Å². The van der Waals surface area contributed by atoms with Crippen LogP contribution in [-0.2, 0) is 19.2 Å². The zero-order valence-corrected chi connectivity index (χ0v) is 25.0. The van der Waals surface area contributed by atoms with Gasteiger partial charge in [0, 0.05) is 41.1 Å². The zero-order valence-electron chi connectivity index (χ0n) is 25.0. The molecule has 0 unspecified atom stereocenters. The Morgan fingerprint density at radius 1 is 1.00 bits per heavy atom. The Labute approximate surface area is 256 Å². The first kappa shape index (κ1) is 30.5. The van der Waals surface area contributed by atoms with Crippen molar-refractivity contribution in [3.63, 3.8) is 0 Å². The lowest BCUT2D eigenvalue weighted by Gasteiger charge is -2.28. The maximum absolute atomic E-state index is 13.5. The highest BCUT2D eigenvalue weighted by atomic mass is 16.2. The fourth-order valence-electron chi connectivity index (χ4n) is 5.71. The SMILES string of the molecule is CCCN(C=O)CC(=O)Nc1ccc(-c2cc3cc(NC(=O)[C@@H]4CCCN4C(=O)[C@H](NC)c4ccccc4)ccc3[nH]2)cc1. The summed E-state index contributed by atoms with van der Waals surface area (Å²) in [5.74, 6) is -0.550. The zero-order chi connectivity index (χ0) is 31.1. The van der Waals surface area contributed by atoms with Gasteiger partial charge in [-0.15, -0.1) is 0 Å². The van der Waals surface area contributed by atoms with E-state index in [4.69, 9.17) is 0 Å². The summed E-state index contributed by atoms with van der Waals surface area (Å²) in [6.45, 7) is 3.04. The summed E-state index contributed by atoms with van der Waals surface area (Å²) in [5, 5.41) is 9.89. The standard InChI is InChI=1S/C34H38N6O4/c1-3-17-39(22-41)21-31(42)36-26-13-11-23(12-14-26)29-20-25-19-27(15-16-28(25)38-29)37-33(43)30-10-7-18-40(30)34(44)32(35-2)24-8-5-4-6-9-24/h4-6,8-9,11-16,19-20,22,30,32,35,38H,3,7,10,17-18,21H2,1-2H3,(H,36,42)(H,37,43)/t30-,32+/m0/s1. The Morgan fingerprint density at radius 2 is 1.75 bits per heavy atom. The molecule has 228 valence electrons. The number of anilines is 2. The van der Waals surface area contributed by atoms with Crippen LogP contribution in [0, 0.1) is 0 Å². The van der Waals surface area contributed by atoms with Crippen LogP contribution in [0.25, 0.3) is 22.2 Å². The molecule has 1 aliphatic rings. The van der Waals surface area contributed by atoms with Crippen LogP contribution in [0.15, 0.2) is 78.9 Å². The van der Waals surface area contributed by atoms with Gasteiger partial charge in [-0.2, -0.15) is 0 Å². The van der Waals surface area contributed by atoms with Gasteiger partial charge in [0.15, 0.2) is 0 Å². The number of hydrogen-bond donors (Lipinski definition) is 4. The maximum atomic E-state index is 13.5. The van der Waals surface area contributed by atoms with Crippen LogP contribution in [0.1, 0.15) is 37.8 Å². The number of amides is 4. The molecule has 3 aromatic carbocycles. The lowest BCUT2D eigenvalue weighted by atomic mass is 10.1. The second kappa shape index (κ2) is 14.0. The second-order valence-electron chi connectivity index (χ2n) is 11.0. The van der Waals surface area contributed by atoms with E-state index < -0.39 is 12.1 Å². The number of carbonyl (C=O) groups excluding carboxylic acids is 4. The minimum atomic E-state index is -0.535. The predicted octanol–water partition coefficient (Wildman–Crippen LogP) is 4.53. The average Bonchev–Trinajstić information content (AvgIpc) is 3.70. The molecule has 5 rings (SSSR count). The molecule has 4 amide bonds. The quantitative estimate of drug-likeness (QED) is 0.179. The lowest BCUT2D eigenvalue weighted by molar-refractivity contribution is -0.138. The van der Waals surface area contributed by atoms with Crippen LogP contribution in [0.5, 0.6) is 0 Å². The number of fused-ring (bicyclic) bond motifs is 1. The van der Waals surface area contributed by atoms with E-state index in [1.54, 1.807) is 11.9 Å². The number of likely N-dealkylation sites (tertiary alicyclic amines) is 1. The van der Waals surface area contributed by atoms with E-state index in [1.165, 1.54) is 4.90 Å². The van der Waals surface area contributed by atoms with E-state index in [0.717, 1.165) is 40.6 Å². The van der Waals surface area contributed by atoms with E-state index in [9.17, 15) is 19.2 Å². The molecule has 1 aliphatic heterocycles. The van der Waals surface area contributed by atoms with Crippen LogP contribution in [-0.4, -0.2) is 71.6 Å². The van der Waals surface area contributed by atoms with Gasteiger partial charge in [-0.1, -0.05) is 49.4 Å². The molecule has 10 nitrogen and oxygen atoms in total. The summed E-state index contributed by atoms with van der Waals surface area (Å²) in [7, 11) is 1.76. The number of aromatic amines is 1. The highest BCUT2D eigenvalue weighted by molar-refractivity contribution is 6.00. The number of nitrogens with zero attached hydrogens (tertiary/aromatic N) is 2. The molecular formula is C34H38N6O4. The molecule has 0 saturated carbocycles. The minimum absolute atomic E-state index is 0.0131. The van der Waals surface area contributed by atoms with Crippen molar-refractivity contribution in [1.29, 1.82) is 0 Å². The van der Waals surface area contributed by atoms with Crippen LogP contribution < -0.4 is 16.0 Å². The van der Waals surface area contributed by atoms with Gasteiger partial charge in [0.25, 0.3) is 0 Å². The number of likely N-dealkylation sites (N-methyl/N-ethyl adjacent to an activating group) is 1.